The van der Waals surface area contributed by atoms with Crippen LogP contribution in [0.25, 0.3) is 0 Å². The number of benzene rings is 2. The summed E-state index contributed by atoms with van der Waals surface area (Å²) in [5.74, 6) is 1.88. The molecule has 2 nitrogen and oxygen atoms in total. The Kier molecular flexibility index (Phi) is 3.57. The van der Waals surface area contributed by atoms with Crippen molar-refractivity contribution >= 4 is 0 Å². The van der Waals surface area contributed by atoms with Crippen LogP contribution in [0.5, 0.6) is 11.5 Å². The van der Waals surface area contributed by atoms with Gasteiger partial charge in [-0.05, 0) is 25.5 Å². The molecule has 0 saturated carbocycles. The summed E-state index contributed by atoms with van der Waals surface area (Å²) >= 11 is 0. The molecule has 1 heterocycles. The van der Waals surface area contributed by atoms with Gasteiger partial charge in [0.05, 0.1) is 6.04 Å². The predicted molar refractivity (Wildman–Crippen MR) is 82.2 cm³/mol. The topological polar surface area (TPSA) is 21.3 Å². The minimum absolute atomic E-state index is 0.172. The van der Waals surface area contributed by atoms with Crippen LogP contribution in [0.3, 0.4) is 0 Å². The second-order valence-corrected chi connectivity index (χ2v) is 5.20. The Morgan fingerprint density at radius 1 is 1.10 bits per heavy atom. The molecular formula is C18H19NO. The van der Waals surface area contributed by atoms with Crippen LogP contribution in [0.4, 0.5) is 0 Å². The van der Waals surface area contributed by atoms with E-state index in [9.17, 15) is 0 Å². The van der Waals surface area contributed by atoms with Crippen LogP contribution < -0.4 is 10.1 Å². The Hall–Kier alpha value is -2.06. The maximum Gasteiger partial charge on any atom is 0.132 e. The summed E-state index contributed by atoms with van der Waals surface area (Å²) in [6, 6.07) is 17.0. The van der Waals surface area contributed by atoms with Crippen molar-refractivity contribution in [1.29, 1.82) is 0 Å². The maximum atomic E-state index is 5.99. The highest BCUT2D eigenvalue weighted by Crippen LogP contribution is 2.42. The van der Waals surface area contributed by atoms with Gasteiger partial charge in [0.1, 0.15) is 11.5 Å². The van der Waals surface area contributed by atoms with E-state index in [1.54, 1.807) is 0 Å². The lowest BCUT2D eigenvalue weighted by atomic mass is 9.93. The molecule has 0 spiro atoms. The Labute approximate surface area is 120 Å². The third kappa shape index (κ3) is 2.35. The third-order valence-corrected chi connectivity index (χ3v) is 3.65. The molecule has 1 aliphatic rings. The van der Waals surface area contributed by atoms with Gasteiger partial charge >= 0.3 is 0 Å². The van der Waals surface area contributed by atoms with E-state index < -0.39 is 0 Å². The molecule has 1 N–H and O–H groups in total. The summed E-state index contributed by atoms with van der Waals surface area (Å²) < 4.78 is 5.99. The average Bonchev–Trinajstić information content (AvgIpc) is 2.47. The highest BCUT2D eigenvalue weighted by atomic mass is 16.5. The Morgan fingerprint density at radius 3 is 2.20 bits per heavy atom. The molecule has 0 saturated heterocycles. The van der Waals surface area contributed by atoms with Crippen molar-refractivity contribution in [2.24, 2.45) is 0 Å². The fourth-order valence-corrected chi connectivity index (χ4v) is 2.69. The zero-order chi connectivity index (χ0) is 13.9. The predicted octanol–water partition coefficient (Wildman–Crippen LogP) is 4.44. The SMILES string of the molecule is C=CCC(C)NC1c2ccccc2Oc2ccccc21. The van der Waals surface area contributed by atoms with Crippen LogP contribution in [0, 0.1) is 0 Å². The van der Waals surface area contributed by atoms with Crippen molar-refractivity contribution in [2.75, 3.05) is 0 Å². The number of hydrogen-bond donors (Lipinski definition) is 1. The van der Waals surface area contributed by atoms with Crippen molar-refractivity contribution in [3.05, 3.63) is 72.3 Å². The highest BCUT2D eigenvalue weighted by molar-refractivity contribution is 5.52. The van der Waals surface area contributed by atoms with Gasteiger partial charge < -0.3 is 10.1 Å². The van der Waals surface area contributed by atoms with Gasteiger partial charge in [-0.15, -0.1) is 6.58 Å². The van der Waals surface area contributed by atoms with Crippen molar-refractivity contribution in [1.82, 2.24) is 5.32 Å². The average molecular weight is 265 g/mol. The summed E-state index contributed by atoms with van der Waals surface area (Å²) in [4.78, 5) is 0. The molecule has 0 bridgehead atoms. The second kappa shape index (κ2) is 5.51. The van der Waals surface area contributed by atoms with Gasteiger partial charge in [0.2, 0.25) is 0 Å². The molecule has 0 fully saturated rings. The molecule has 0 aromatic heterocycles. The van der Waals surface area contributed by atoms with E-state index in [1.165, 1.54) is 11.1 Å². The summed E-state index contributed by atoms with van der Waals surface area (Å²) in [5.41, 5.74) is 2.39. The quantitative estimate of drug-likeness (QED) is 0.825. The zero-order valence-electron chi connectivity index (χ0n) is 11.7. The van der Waals surface area contributed by atoms with Gasteiger partial charge in [-0.3, -0.25) is 0 Å². The van der Waals surface area contributed by atoms with Gasteiger partial charge in [-0.1, -0.05) is 42.5 Å². The van der Waals surface area contributed by atoms with Crippen LogP contribution in [0.2, 0.25) is 0 Å². The summed E-state index contributed by atoms with van der Waals surface area (Å²) in [5, 5.41) is 3.68. The monoisotopic (exact) mass is 265 g/mol. The molecule has 2 aromatic rings. The fourth-order valence-electron chi connectivity index (χ4n) is 2.69. The van der Waals surface area contributed by atoms with Gasteiger partial charge in [0.15, 0.2) is 0 Å². The minimum atomic E-state index is 0.172. The van der Waals surface area contributed by atoms with Crippen molar-refractivity contribution < 1.29 is 4.74 Å². The van der Waals surface area contributed by atoms with Gasteiger partial charge in [0.25, 0.3) is 0 Å². The maximum absolute atomic E-state index is 5.99. The number of nitrogens with one attached hydrogen (secondary N) is 1. The van der Waals surface area contributed by atoms with Crippen LogP contribution >= 0.6 is 0 Å². The summed E-state index contributed by atoms with van der Waals surface area (Å²) in [7, 11) is 0. The molecule has 0 aliphatic carbocycles. The van der Waals surface area contributed by atoms with Crippen LogP contribution in [-0.4, -0.2) is 6.04 Å². The molecule has 20 heavy (non-hydrogen) atoms. The first-order valence-corrected chi connectivity index (χ1v) is 7.02. The first-order chi connectivity index (χ1) is 9.79. The van der Waals surface area contributed by atoms with Crippen LogP contribution in [0.15, 0.2) is 61.2 Å². The van der Waals surface area contributed by atoms with Gasteiger partial charge in [-0.25, -0.2) is 0 Å². The second-order valence-electron chi connectivity index (χ2n) is 5.20. The zero-order valence-corrected chi connectivity index (χ0v) is 11.7. The third-order valence-electron chi connectivity index (χ3n) is 3.65. The van der Waals surface area contributed by atoms with Crippen molar-refractivity contribution in [2.45, 2.75) is 25.4 Å². The molecule has 2 heteroatoms. The van der Waals surface area contributed by atoms with E-state index in [0.717, 1.165) is 17.9 Å². The number of fused-ring (bicyclic) bond motifs is 2. The van der Waals surface area contributed by atoms with Gasteiger partial charge in [-0.2, -0.15) is 0 Å². The van der Waals surface area contributed by atoms with Gasteiger partial charge in [0, 0.05) is 17.2 Å². The molecule has 102 valence electrons. The normalized spacial score (nSPS) is 14.8. The smallest absolute Gasteiger partial charge is 0.132 e. The van der Waals surface area contributed by atoms with Crippen LogP contribution in [0.1, 0.15) is 30.5 Å². The molecule has 0 amide bonds. The van der Waals surface area contributed by atoms with E-state index in [-0.39, 0.29) is 6.04 Å². The Morgan fingerprint density at radius 2 is 1.65 bits per heavy atom. The standard InChI is InChI=1S/C18H19NO/c1-3-8-13(2)19-18-14-9-4-6-11-16(14)20-17-12-7-5-10-15(17)18/h3-7,9-13,18-19H,1,8H2,2H3. The summed E-state index contributed by atoms with van der Waals surface area (Å²) in [6.45, 7) is 6.00. The van der Waals surface area contributed by atoms with E-state index >= 15 is 0 Å². The molecule has 1 atom stereocenters. The Bertz CT molecular complexity index is 575. The van der Waals surface area contributed by atoms with Crippen molar-refractivity contribution in [3.8, 4) is 11.5 Å². The number of hydrogen-bond acceptors (Lipinski definition) is 2. The van der Waals surface area contributed by atoms with E-state index in [4.69, 9.17) is 4.74 Å². The largest absolute Gasteiger partial charge is 0.457 e. The molecule has 2 aromatic carbocycles. The fraction of sp³-hybridized carbons (Fsp3) is 0.222. The lowest BCUT2D eigenvalue weighted by molar-refractivity contribution is 0.410. The first-order valence-electron chi connectivity index (χ1n) is 7.02. The minimum Gasteiger partial charge on any atom is -0.457 e. The number of para-hydroxylation sites is 2. The lowest BCUT2D eigenvalue weighted by Crippen LogP contribution is -2.32. The van der Waals surface area contributed by atoms with Crippen molar-refractivity contribution in [3.63, 3.8) is 0 Å². The molecule has 1 aliphatic heterocycles. The Balaban J connectivity index is 2.01. The van der Waals surface area contributed by atoms with E-state index in [2.05, 4.69) is 43.1 Å². The molecule has 3 rings (SSSR count). The number of ether oxygens (including phenoxy) is 1. The van der Waals surface area contributed by atoms with E-state index in [0.29, 0.717) is 6.04 Å². The number of rotatable bonds is 4. The molecule has 0 radical (unpaired) electrons. The first kappa shape index (κ1) is 12.9. The van der Waals surface area contributed by atoms with Crippen LogP contribution in [-0.2, 0) is 0 Å². The van der Waals surface area contributed by atoms with E-state index in [1.807, 2.05) is 30.3 Å². The highest BCUT2D eigenvalue weighted by Gasteiger charge is 2.27. The molecular weight excluding hydrogens is 246 g/mol. The summed E-state index contributed by atoms with van der Waals surface area (Å²) in [6.07, 6.45) is 2.90. The lowest BCUT2D eigenvalue weighted by Gasteiger charge is -2.30. The molecule has 1 unspecified atom stereocenters.